The second-order valence-electron chi connectivity index (χ2n) is 13.0. The summed E-state index contributed by atoms with van der Waals surface area (Å²) in [6, 6.07) is 6.16. The number of rotatable bonds is 7. The van der Waals surface area contributed by atoms with E-state index in [0.29, 0.717) is 39.8 Å². The molecule has 240 valence electrons. The Morgan fingerprint density at radius 2 is 1.89 bits per heavy atom. The van der Waals surface area contributed by atoms with E-state index in [1.807, 2.05) is 4.57 Å². The van der Waals surface area contributed by atoms with Crippen LogP contribution >= 0.6 is 0 Å². The summed E-state index contributed by atoms with van der Waals surface area (Å²) < 4.78 is 57.5. The van der Waals surface area contributed by atoms with Gasteiger partial charge < -0.3 is 24.8 Å². The standard InChI is InChI=1S/C33H34F3N7O3/c1-3-24-25(34)10-7-18-11-23(44)12-26(27(18)24)46-32-39-29-28(43(32)21-5-4-6-21)30(42-14-19-8-9-20(15-42)37-19)40-31(38-29)45-16-22-13-33(35,36)17-41(22)2/h1,7,10-12,19-22,37,44H,4-6,8-9,13-17H2,2H3/t19?,20?,22-/m0/s1. The number of halogens is 3. The molecule has 4 aliphatic rings. The number of benzene rings is 2. The van der Waals surface area contributed by atoms with Gasteiger partial charge in [0, 0.05) is 55.1 Å². The minimum absolute atomic E-state index is 0.00619. The SMILES string of the molecule is C#Cc1c(F)ccc2cc(O)cc(Oc3nc4nc(OC[C@@H]5CC(F)(F)CN5C)nc(N5CC6CCC(C5)N6)c4n3C3CCC3)c12. The van der Waals surface area contributed by atoms with Crippen LogP contribution in [0.25, 0.3) is 21.9 Å². The van der Waals surface area contributed by atoms with Gasteiger partial charge in [0.1, 0.15) is 29.4 Å². The van der Waals surface area contributed by atoms with Crippen molar-refractivity contribution < 1.29 is 27.8 Å². The lowest BCUT2D eigenvalue weighted by molar-refractivity contribution is 0.0136. The number of aromatic nitrogens is 4. The number of nitrogens with zero attached hydrogens (tertiary/aromatic N) is 6. The average Bonchev–Trinajstić information content (AvgIpc) is 3.60. The highest BCUT2D eigenvalue weighted by Crippen LogP contribution is 2.44. The maximum Gasteiger partial charge on any atom is 0.320 e. The first-order chi connectivity index (χ1) is 22.2. The molecular formula is C33H34F3N7O3. The van der Waals surface area contributed by atoms with E-state index in [1.54, 1.807) is 11.9 Å². The zero-order valence-corrected chi connectivity index (χ0v) is 25.3. The third kappa shape index (κ3) is 5.04. The Balaban J connectivity index is 1.25. The number of likely N-dealkylation sites (tertiary alicyclic amines) is 1. The quantitative estimate of drug-likeness (QED) is 0.273. The monoisotopic (exact) mass is 633 g/mol. The second-order valence-corrected chi connectivity index (χ2v) is 13.0. The predicted octanol–water partition coefficient (Wildman–Crippen LogP) is 4.98. The van der Waals surface area contributed by atoms with Crippen molar-refractivity contribution in [3.05, 3.63) is 35.6 Å². The largest absolute Gasteiger partial charge is 0.508 e. The molecule has 2 bridgehead atoms. The Hall–Kier alpha value is -4.28. The van der Waals surface area contributed by atoms with Crippen molar-refractivity contribution in [1.29, 1.82) is 0 Å². The summed E-state index contributed by atoms with van der Waals surface area (Å²) in [5.74, 6) is -0.188. The van der Waals surface area contributed by atoms with Crippen LogP contribution in [0.15, 0.2) is 24.3 Å². The van der Waals surface area contributed by atoms with Gasteiger partial charge in [0.05, 0.1) is 12.1 Å². The normalized spacial score (nSPS) is 24.4. The van der Waals surface area contributed by atoms with Crippen LogP contribution in [-0.4, -0.2) is 86.9 Å². The van der Waals surface area contributed by atoms with Gasteiger partial charge in [-0.05, 0) is 56.7 Å². The fourth-order valence-corrected chi connectivity index (χ4v) is 7.38. The summed E-state index contributed by atoms with van der Waals surface area (Å²) in [4.78, 5) is 18.2. The van der Waals surface area contributed by atoms with E-state index in [9.17, 15) is 18.3 Å². The Labute approximate surface area is 263 Å². The molecule has 4 fully saturated rings. The Kier molecular flexibility index (Phi) is 6.92. The van der Waals surface area contributed by atoms with E-state index in [2.05, 4.69) is 21.1 Å². The average molecular weight is 634 g/mol. The molecule has 2 unspecified atom stereocenters. The van der Waals surface area contributed by atoms with Gasteiger partial charge in [-0.15, -0.1) is 6.42 Å². The van der Waals surface area contributed by atoms with Crippen LogP contribution in [0.4, 0.5) is 19.0 Å². The zero-order valence-electron chi connectivity index (χ0n) is 25.3. The number of fused-ring (bicyclic) bond motifs is 4. The maximum atomic E-state index is 14.8. The van der Waals surface area contributed by atoms with Gasteiger partial charge in [-0.1, -0.05) is 12.0 Å². The van der Waals surface area contributed by atoms with Crippen molar-refractivity contribution in [2.24, 2.45) is 0 Å². The van der Waals surface area contributed by atoms with E-state index in [-0.39, 0.29) is 54.7 Å². The molecule has 0 amide bonds. The molecule has 46 heavy (non-hydrogen) atoms. The molecule has 4 aromatic rings. The lowest BCUT2D eigenvalue weighted by Crippen LogP contribution is -2.51. The first-order valence-corrected chi connectivity index (χ1v) is 15.8. The number of aromatic hydroxyl groups is 1. The van der Waals surface area contributed by atoms with Gasteiger partial charge in [-0.2, -0.15) is 15.0 Å². The molecular weight excluding hydrogens is 599 g/mol. The zero-order chi connectivity index (χ0) is 31.7. The number of terminal acetylenes is 1. The van der Waals surface area contributed by atoms with Crippen LogP contribution in [0.1, 0.15) is 50.1 Å². The maximum absolute atomic E-state index is 14.8. The minimum Gasteiger partial charge on any atom is -0.508 e. The number of piperazine rings is 1. The highest BCUT2D eigenvalue weighted by Gasteiger charge is 2.44. The van der Waals surface area contributed by atoms with Gasteiger partial charge in [0.2, 0.25) is 0 Å². The molecule has 3 saturated heterocycles. The van der Waals surface area contributed by atoms with Crippen molar-refractivity contribution in [2.45, 2.75) is 68.6 Å². The summed E-state index contributed by atoms with van der Waals surface area (Å²) in [7, 11) is 1.66. The van der Waals surface area contributed by atoms with Crippen molar-refractivity contribution in [1.82, 2.24) is 29.7 Å². The summed E-state index contributed by atoms with van der Waals surface area (Å²) in [6.07, 6.45) is 10.4. The van der Waals surface area contributed by atoms with Crippen LogP contribution in [0.2, 0.25) is 0 Å². The molecule has 3 aliphatic heterocycles. The Morgan fingerprint density at radius 3 is 2.57 bits per heavy atom. The molecule has 1 saturated carbocycles. The molecule has 2 aromatic heterocycles. The van der Waals surface area contributed by atoms with Crippen LogP contribution in [-0.2, 0) is 0 Å². The molecule has 8 rings (SSSR count). The molecule has 5 heterocycles. The highest BCUT2D eigenvalue weighted by molar-refractivity contribution is 5.95. The van der Waals surface area contributed by atoms with Crippen LogP contribution in [0, 0.1) is 18.2 Å². The third-order valence-electron chi connectivity index (χ3n) is 9.84. The number of nitrogens with one attached hydrogen (secondary N) is 1. The number of hydrogen-bond donors (Lipinski definition) is 2. The molecule has 0 spiro atoms. The lowest BCUT2D eigenvalue weighted by atomic mass is 9.93. The Bertz CT molecular complexity index is 1880. The number of hydrogen-bond acceptors (Lipinski definition) is 9. The van der Waals surface area contributed by atoms with Crippen molar-refractivity contribution >= 4 is 27.8 Å². The number of alkyl halides is 2. The lowest BCUT2D eigenvalue weighted by Gasteiger charge is -2.35. The van der Waals surface area contributed by atoms with E-state index in [1.165, 1.54) is 24.3 Å². The van der Waals surface area contributed by atoms with Crippen LogP contribution in [0.3, 0.4) is 0 Å². The summed E-state index contributed by atoms with van der Waals surface area (Å²) in [5.41, 5.74) is 1.05. The molecule has 3 atom stereocenters. The molecule has 10 nitrogen and oxygen atoms in total. The van der Waals surface area contributed by atoms with Crippen molar-refractivity contribution in [2.75, 3.05) is 38.2 Å². The number of likely N-dealkylation sites (N-methyl/N-ethyl adjacent to an activating group) is 1. The first kappa shape index (κ1) is 29.1. The molecule has 1 aliphatic carbocycles. The molecule has 13 heteroatoms. The fourth-order valence-electron chi connectivity index (χ4n) is 7.38. The van der Waals surface area contributed by atoms with Crippen molar-refractivity contribution in [3.63, 3.8) is 0 Å². The molecule has 2 N–H and O–H groups in total. The number of ether oxygens (including phenoxy) is 2. The Morgan fingerprint density at radius 1 is 1.11 bits per heavy atom. The number of anilines is 1. The van der Waals surface area contributed by atoms with Gasteiger partial charge in [-0.25, -0.2) is 13.2 Å². The van der Waals surface area contributed by atoms with E-state index < -0.39 is 17.8 Å². The molecule has 0 radical (unpaired) electrons. The fraction of sp³-hybridized carbons (Fsp3) is 0.485. The van der Waals surface area contributed by atoms with Gasteiger partial charge in [0.25, 0.3) is 5.92 Å². The highest BCUT2D eigenvalue weighted by atomic mass is 19.3. The number of phenols is 1. The second kappa shape index (κ2) is 10.9. The predicted molar refractivity (Wildman–Crippen MR) is 165 cm³/mol. The summed E-state index contributed by atoms with van der Waals surface area (Å²) in [6.45, 7) is 1.14. The smallest absolute Gasteiger partial charge is 0.320 e. The van der Waals surface area contributed by atoms with E-state index in [4.69, 9.17) is 25.9 Å². The number of imidazole rings is 1. The minimum atomic E-state index is -2.77. The van der Waals surface area contributed by atoms with Gasteiger partial charge >= 0.3 is 12.0 Å². The van der Waals surface area contributed by atoms with Gasteiger partial charge in [0.15, 0.2) is 11.5 Å². The summed E-state index contributed by atoms with van der Waals surface area (Å²) >= 11 is 0. The summed E-state index contributed by atoms with van der Waals surface area (Å²) in [5, 5.41) is 15.1. The van der Waals surface area contributed by atoms with Gasteiger partial charge in [-0.3, -0.25) is 9.47 Å². The van der Waals surface area contributed by atoms with Crippen LogP contribution < -0.4 is 19.7 Å². The van der Waals surface area contributed by atoms with Crippen molar-refractivity contribution in [3.8, 4) is 35.9 Å². The number of phenolic OH excluding ortho intramolecular Hbond substituents is 1. The van der Waals surface area contributed by atoms with Crippen LogP contribution in [0.5, 0.6) is 23.5 Å². The van der Waals surface area contributed by atoms with E-state index in [0.717, 1.165) is 45.2 Å². The topological polar surface area (TPSA) is 101 Å². The first-order valence-electron chi connectivity index (χ1n) is 15.8. The van der Waals surface area contributed by atoms with E-state index >= 15 is 0 Å². The molecule has 2 aromatic carbocycles. The third-order valence-corrected chi connectivity index (χ3v) is 9.84.